The van der Waals surface area contributed by atoms with Gasteiger partial charge in [0.1, 0.15) is 0 Å². The van der Waals surface area contributed by atoms with Gasteiger partial charge in [0.25, 0.3) is 0 Å². The first-order valence-corrected chi connectivity index (χ1v) is 13.2. The monoisotopic (exact) mass is 555 g/mol. The molecular weight excluding hydrogens is 518 g/mol. The van der Waals surface area contributed by atoms with Gasteiger partial charge >= 0.3 is 5.97 Å². The van der Waals surface area contributed by atoms with Crippen LogP contribution in [-0.2, 0) is 20.8 Å². The van der Waals surface area contributed by atoms with Crippen LogP contribution in [0.25, 0.3) is 11.1 Å². The van der Waals surface area contributed by atoms with E-state index in [0.29, 0.717) is 67.3 Å². The third kappa shape index (κ3) is 7.43. The second kappa shape index (κ2) is 14.2. The van der Waals surface area contributed by atoms with Crippen molar-refractivity contribution in [2.45, 2.75) is 51.5 Å². The van der Waals surface area contributed by atoms with Crippen LogP contribution in [0, 0.1) is 0 Å². The summed E-state index contributed by atoms with van der Waals surface area (Å²) in [5.74, 6) is 0.152. The van der Waals surface area contributed by atoms with Crippen LogP contribution in [0.4, 0.5) is 5.69 Å². The second-order valence-electron chi connectivity index (χ2n) is 9.47. The fourth-order valence-electron chi connectivity index (χ4n) is 4.88. The van der Waals surface area contributed by atoms with Crippen molar-refractivity contribution in [3.8, 4) is 28.4 Å². The molecule has 216 valence electrons. The highest BCUT2D eigenvalue weighted by atomic mass is 16.5. The fraction of sp³-hybridized carbons (Fsp3) is 0.448. The van der Waals surface area contributed by atoms with Gasteiger partial charge in [-0.25, -0.2) is 0 Å². The Morgan fingerprint density at radius 3 is 2.35 bits per heavy atom. The van der Waals surface area contributed by atoms with E-state index in [1.807, 2.05) is 12.1 Å². The summed E-state index contributed by atoms with van der Waals surface area (Å²) < 4.78 is 17.0. The summed E-state index contributed by atoms with van der Waals surface area (Å²) in [6.07, 6.45) is 2.25. The van der Waals surface area contributed by atoms with Crippen molar-refractivity contribution in [3.05, 3.63) is 45.6 Å². The second-order valence-corrected chi connectivity index (χ2v) is 9.47. The van der Waals surface area contributed by atoms with Gasteiger partial charge in [-0.2, -0.15) is 0 Å². The Morgan fingerprint density at radius 1 is 0.975 bits per heavy atom. The molecule has 0 bridgehead atoms. The Kier molecular flexibility index (Phi) is 10.7. The van der Waals surface area contributed by atoms with Crippen molar-refractivity contribution < 1.29 is 33.7 Å². The van der Waals surface area contributed by atoms with E-state index in [0.717, 1.165) is 16.7 Å². The number of carboxylic acids is 1. The molecule has 0 saturated carbocycles. The van der Waals surface area contributed by atoms with Crippen molar-refractivity contribution >= 4 is 23.5 Å². The molecule has 11 heteroatoms. The van der Waals surface area contributed by atoms with E-state index in [4.69, 9.17) is 19.3 Å². The quantitative estimate of drug-likeness (QED) is 0.273. The zero-order valence-electron chi connectivity index (χ0n) is 23.3. The molecule has 11 nitrogen and oxygen atoms in total. The minimum Gasteiger partial charge on any atom is -0.493 e. The zero-order valence-corrected chi connectivity index (χ0v) is 23.3. The van der Waals surface area contributed by atoms with Crippen LogP contribution in [-0.4, -0.2) is 57.3 Å². The van der Waals surface area contributed by atoms with Gasteiger partial charge in [0, 0.05) is 38.4 Å². The third-order valence-corrected chi connectivity index (χ3v) is 6.70. The van der Waals surface area contributed by atoms with Gasteiger partial charge in [-0.3, -0.25) is 19.2 Å². The van der Waals surface area contributed by atoms with Gasteiger partial charge in [-0.1, -0.05) is 6.07 Å². The molecule has 0 heterocycles. The lowest BCUT2D eigenvalue weighted by Gasteiger charge is -2.19. The van der Waals surface area contributed by atoms with Crippen molar-refractivity contribution in [1.82, 2.24) is 10.6 Å². The van der Waals surface area contributed by atoms with Crippen LogP contribution >= 0.6 is 0 Å². The Hall–Kier alpha value is -4.28. The molecule has 2 amide bonds. The number of aliphatic carboxylic acids is 1. The van der Waals surface area contributed by atoms with Crippen LogP contribution in [0.1, 0.15) is 56.2 Å². The predicted octanol–water partition coefficient (Wildman–Crippen LogP) is 3.04. The van der Waals surface area contributed by atoms with Crippen LogP contribution in [0.2, 0.25) is 0 Å². The number of nitrogens with one attached hydrogen (secondary N) is 3. The number of ether oxygens (including phenoxy) is 3. The van der Waals surface area contributed by atoms with Gasteiger partial charge in [0.15, 0.2) is 11.5 Å². The average Bonchev–Trinajstić information content (AvgIpc) is 3.16. The smallest absolute Gasteiger partial charge is 0.303 e. The summed E-state index contributed by atoms with van der Waals surface area (Å²) in [4.78, 5) is 48.0. The first kappa shape index (κ1) is 30.3. The number of benzene rings is 1. The molecule has 0 spiro atoms. The molecule has 2 aromatic rings. The number of hydrogen-bond donors (Lipinski definition) is 4. The Bertz CT molecular complexity index is 1310. The lowest BCUT2D eigenvalue weighted by molar-refractivity contribution is -0.137. The molecule has 1 aliphatic carbocycles. The maximum Gasteiger partial charge on any atom is 0.303 e. The van der Waals surface area contributed by atoms with Crippen LogP contribution in [0.5, 0.6) is 17.2 Å². The van der Waals surface area contributed by atoms with E-state index in [2.05, 4.69) is 16.0 Å². The zero-order chi connectivity index (χ0) is 29.2. The molecule has 0 radical (unpaired) electrons. The molecule has 2 aromatic carbocycles. The fourth-order valence-corrected chi connectivity index (χ4v) is 4.88. The molecule has 3 rings (SSSR count). The van der Waals surface area contributed by atoms with E-state index in [1.54, 1.807) is 26.4 Å². The minimum atomic E-state index is -0.899. The summed E-state index contributed by atoms with van der Waals surface area (Å²) in [7, 11) is 4.63. The van der Waals surface area contributed by atoms with Crippen molar-refractivity contribution in [3.63, 3.8) is 0 Å². The first-order valence-electron chi connectivity index (χ1n) is 13.2. The van der Waals surface area contributed by atoms with Crippen LogP contribution in [0.3, 0.4) is 0 Å². The van der Waals surface area contributed by atoms with Gasteiger partial charge in [-0.15, -0.1) is 0 Å². The van der Waals surface area contributed by atoms with E-state index < -0.39 is 12.0 Å². The van der Waals surface area contributed by atoms with Crippen molar-refractivity contribution in [2.75, 3.05) is 39.7 Å². The van der Waals surface area contributed by atoms with E-state index in [-0.39, 0.29) is 30.1 Å². The SMILES string of the molecule is COc1cc2c(c(OC)c1OC)-c1ccc(NCCCC(=O)NCCCC(=O)O)c(=O)cc1[C@H](NC(C)=O)CC2. The minimum absolute atomic E-state index is 0.00256. The highest BCUT2D eigenvalue weighted by Crippen LogP contribution is 2.50. The largest absolute Gasteiger partial charge is 0.493 e. The van der Waals surface area contributed by atoms with Gasteiger partial charge in [0.2, 0.25) is 23.0 Å². The summed E-state index contributed by atoms with van der Waals surface area (Å²) in [5.41, 5.74) is 3.21. The van der Waals surface area contributed by atoms with E-state index >= 15 is 0 Å². The number of anilines is 1. The van der Waals surface area contributed by atoms with Gasteiger partial charge in [-0.05, 0) is 60.6 Å². The predicted molar refractivity (Wildman–Crippen MR) is 150 cm³/mol. The number of aryl methyl sites for hydroxylation is 1. The van der Waals surface area contributed by atoms with E-state index in [1.165, 1.54) is 14.0 Å². The van der Waals surface area contributed by atoms with Gasteiger partial charge in [0.05, 0.1) is 33.1 Å². The standard InChI is InChI=1S/C29H37N3O8/c1-17(33)32-21-11-9-18-15-24(38-2)28(39-3)29(40-4)27(18)19-10-12-22(23(34)16-20(19)21)30-13-5-7-25(35)31-14-6-8-26(36)37/h10,12,15-16,21H,5-9,11,13-14H2,1-4H3,(H,30,34)(H,31,35)(H,32,33)(H,36,37)/t21-/m1/s1. The van der Waals surface area contributed by atoms with E-state index in [9.17, 15) is 19.2 Å². The normalized spacial score (nSPS) is 13.7. The molecule has 0 saturated heterocycles. The number of carboxylic acid groups (broad SMARTS) is 1. The number of carbonyl (C=O) groups is 3. The number of rotatable bonds is 13. The van der Waals surface area contributed by atoms with Crippen LogP contribution < -0.4 is 35.6 Å². The topological polar surface area (TPSA) is 152 Å². The van der Waals surface area contributed by atoms with Crippen molar-refractivity contribution in [2.24, 2.45) is 0 Å². The molecule has 0 aromatic heterocycles. The number of carbonyl (C=O) groups excluding carboxylic acids is 2. The third-order valence-electron chi connectivity index (χ3n) is 6.70. The maximum atomic E-state index is 13.3. The lowest BCUT2D eigenvalue weighted by atomic mass is 9.95. The summed E-state index contributed by atoms with van der Waals surface area (Å²) >= 11 is 0. The molecule has 40 heavy (non-hydrogen) atoms. The molecule has 4 N–H and O–H groups in total. The number of methoxy groups -OCH3 is 3. The maximum absolute atomic E-state index is 13.3. The molecule has 1 aliphatic rings. The van der Waals surface area contributed by atoms with Gasteiger partial charge < -0.3 is 35.3 Å². The van der Waals surface area contributed by atoms with Crippen LogP contribution in [0.15, 0.2) is 29.1 Å². The summed E-state index contributed by atoms with van der Waals surface area (Å²) in [5, 5.41) is 17.5. The molecular formula is C29H37N3O8. The highest BCUT2D eigenvalue weighted by Gasteiger charge is 2.29. The highest BCUT2D eigenvalue weighted by molar-refractivity contribution is 5.84. The molecule has 0 aliphatic heterocycles. The number of amides is 2. The number of fused-ring (bicyclic) bond motifs is 3. The summed E-state index contributed by atoms with van der Waals surface area (Å²) in [6.45, 7) is 2.13. The van der Waals surface area contributed by atoms with Crippen molar-refractivity contribution in [1.29, 1.82) is 0 Å². The molecule has 1 atom stereocenters. The Morgan fingerprint density at radius 2 is 1.70 bits per heavy atom. The summed E-state index contributed by atoms with van der Waals surface area (Å²) in [6, 6.07) is 6.57. The lowest BCUT2D eigenvalue weighted by Crippen LogP contribution is -2.26. The Labute approximate surface area is 233 Å². The molecule has 0 fully saturated rings. The average molecular weight is 556 g/mol. The first-order chi connectivity index (χ1) is 19.2. The molecule has 0 unspecified atom stereocenters. The Balaban J connectivity index is 1.91. The number of hydrogen-bond acceptors (Lipinski definition) is 8.